The fourth-order valence-corrected chi connectivity index (χ4v) is 2.17. The zero-order valence-electron chi connectivity index (χ0n) is 14.3. The molecule has 1 N–H and O–H groups in total. The molecular weight excluding hydrogens is 347 g/mol. The number of hydrogen-bond donors (Lipinski definition) is 1. The maximum Gasteiger partial charge on any atom is 0.277 e. The minimum atomic E-state index is -0.424. The molecule has 0 atom stereocenters. The average Bonchev–Trinajstić information content (AvgIpc) is 2.69. The van der Waals surface area contributed by atoms with E-state index >= 15 is 0 Å². The van der Waals surface area contributed by atoms with Crippen LogP contribution in [0.25, 0.3) is 0 Å². The number of amides is 1. The Morgan fingerprint density at radius 1 is 0.926 bits per heavy atom. The predicted molar refractivity (Wildman–Crippen MR) is 101 cm³/mol. The molecule has 5 nitrogen and oxygen atoms in total. The lowest BCUT2D eigenvalue weighted by Crippen LogP contribution is -2.24. The molecule has 0 unspecified atom stereocenters. The van der Waals surface area contributed by atoms with Crippen LogP contribution >= 0.6 is 0 Å². The molecule has 0 saturated carbocycles. The molecule has 3 aromatic rings. The minimum absolute atomic E-state index is 0.222. The normalized spacial score (nSPS) is 10.6. The number of halogens is 1. The van der Waals surface area contributed by atoms with Gasteiger partial charge in [-0.3, -0.25) is 4.79 Å². The molecule has 6 heteroatoms. The summed E-state index contributed by atoms with van der Waals surface area (Å²) in [6, 6.07) is 22.1. The number of hydrogen-bond acceptors (Lipinski definition) is 4. The van der Waals surface area contributed by atoms with E-state index in [0.717, 1.165) is 11.3 Å². The van der Waals surface area contributed by atoms with Gasteiger partial charge in [0.25, 0.3) is 5.91 Å². The van der Waals surface area contributed by atoms with Gasteiger partial charge in [0.15, 0.2) is 6.61 Å². The molecule has 0 aliphatic rings. The lowest BCUT2D eigenvalue weighted by Gasteiger charge is -2.06. The Bertz CT molecular complexity index is 912. The van der Waals surface area contributed by atoms with Crippen LogP contribution in [0.15, 0.2) is 84.0 Å². The topological polar surface area (TPSA) is 59.9 Å². The molecule has 0 spiro atoms. The van der Waals surface area contributed by atoms with Crippen LogP contribution in [0.3, 0.4) is 0 Å². The number of nitrogens with zero attached hydrogens (tertiary/aromatic N) is 1. The third-order valence-corrected chi connectivity index (χ3v) is 3.42. The highest BCUT2D eigenvalue weighted by atomic mass is 19.1. The van der Waals surface area contributed by atoms with E-state index in [0.29, 0.717) is 11.5 Å². The molecule has 0 saturated heterocycles. The van der Waals surface area contributed by atoms with Crippen LogP contribution in [-0.2, 0) is 4.79 Å². The first-order valence-electron chi connectivity index (χ1n) is 8.22. The van der Waals surface area contributed by atoms with E-state index in [1.165, 1.54) is 30.5 Å². The van der Waals surface area contributed by atoms with Crippen molar-refractivity contribution in [2.45, 2.75) is 0 Å². The van der Waals surface area contributed by atoms with Gasteiger partial charge < -0.3 is 9.47 Å². The first kappa shape index (κ1) is 18.1. The molecule has 0 bridgehead atoms. The summed E-state index contributed by atoms with van der Waals surface area (Å²) in [6.07, 6.45) is 1.51. The number of ether oxygens (including phenoxy) is 2. The third-order valence-electron chi connectivity index (χ3n) is 3.42. The van der Waals surface area contributed by atoms with Crippen molar-refractivity contribution >= 4 is 12.1 Å². The molecule has 136 valence electrons. The van der Waals surface area contributed by atoms with Gasteiger partial charge in [-0.2, -0.15) is 5.10 Å². The van der Waals surface area contributed by atoms with Crippen molar-refractivity contribution in [3.8, 4) is 17.2 Å². The predicted octanol–water partition coefficient (Wildman–Crippen LogP) is 4.15. The summed E-state index contributed by atoms with van der Waals surface area (Å²) in [4.78, 5) is 11.7. The summed E-state index contributed by atoms with van der Waals surface area (Å²) in [7, 11) is 0. The summed E-state index contributed by atoms with van der Waals surface area (Å²) < 4.78 is 23.8. The molecule has 1 amide bonds. The van der Waals surface area contributed by atoms with E-state index in [2.05, 4.69) is 10.5 Å². The lowest BCUT2D eigenvalue weighted by atomic mass is 10.2. The number of carbonyl (C=O) groups is 1. The van der Waals surface area contributed by atoms with E-state index < -0.39 is 5.91 Å². The Hall–Kier alpha value is -3.67. The van der Waals surface area contributed by atoms with Gasteiger partial charge in [0.05, 0.1) is 6.21 Å². The van der Waals surface area contributed by atoms with Crippen LogP contribution in [0.2, 0.25) is 0 Å². The van der Waals surface area contributed by atoms with Crippen molar-refractivity contribution < 1.29 is 18.7 Å². The van der Waals surface area contributed by atoms with E-state index in [1.807, 2.05) is 48.5 Å². The van der Waals surface area contributed by atoms with Gasteiger partial charge >= 0.3 is 0 Å². The highest BCUT2D eigenvalue weighted by Gasteiger charge is 2.02. The van der Waals surface area contributed by atoms with Crippen molar-refractivity contribution in [1.29, 1.82) is 0 Å². The Kier molecular flexibility index (Phi) is 6.14. The maximum atomic E-state index is 12.8. The molecule has 0 radical (unpaired) electrons. The zero-order chi connectivity index (χ0) is 18.9. The van der Waals surface area contributed by atoms with E-state index in [-0.39, 0.29) is 12.4 Å². The van der Waals surface area contributed by atoms with Crippen LogP contribution in [0.1, 0.15) is 5.56 Å². The monoisotopic (exact) mass is 364 g/mol. The summed E-state index contributed by atoms with van der Waals surface area (Å²) >= 11 is 0. The number of benzene rings is 3. The molecule has 3 aromatic carbocycles. The average molecular weight is 364 g/mol. The second-order valence-corrected chi connectivity index (χ2v) is 5.52. The van der Waals surface area contributed by atoms with Crippen molar-refractivity contribution in [3.05, 3.63) is 90.2 Å². The van der Waals surface area contributed by atoms with Crippen LogP contribution in [0.5, 0.6) is 17.2 Å². The van der Waals surface area contributed by atoms with Gasteiger partial charge in [0, 0.05) is 0 Å². The van der Waals surface area contributed by atoms with Gasteiger partial charge in [-0.25, -0.2) is 9.82 Å². The summed E-state index contributed by atoms with van der Waals surface area (Å²) in [5, 5.41) is 3.90. The third kappa shape index (κ3) is 5.97. The molecule has 3 rings (SSSR count). The number of para-hydroxylation sites is 1. The number of carbonyl (C=O) groups excluding carboxylic acids is 1. The SMILES string of the molecule is O=C(COc1ccc(F)cc1)N/N=C/c1cccc(Oc2ccccc2)c1. The zero-order valence-corrected chi connectivity index (χ0v) is 14.3. The standard InChI is InChI=1S/C21H17FN2O3/c22-17-9-11-18(12-10-17)26-15-21(25)24-23-14-16-5-4-8-20(13-16)27-19-6-2-1-3-7-19/h1-14H,15H2,(H,24,25)/b23-14+. The van der Waals surface area contributed by atoms with Crippen molar-refractivity contribution in [2.24, 2.45) is 5.10 Å². The van der Waals surface area contributed by atoms with Crippen LogP contribution in [0.4, 0.5) is 4.39 Å². The van der Waals surface area contributed by atoms with Gasteiger partial charge in [0.1, 0.15) is 23.1 Å². The minimum Gasteiger partial charge on any atom is -0.484 e. The fourth-order valence-electron chi connectivity index (χ4n) is 2.17. The Morgan fingerprint density at radius 3 is 2.44 bits per heavy atom. The van der Waals surface area contributed by atoms with Gasteiger partial charge in [0.2, 0.25) is 0 Å². The first-order valence-corrected chi connectivity index (χ1v) is 8.22. The van der Waals surface area contributed by atoms with Crippen molar-refractivity contribution in [2.75, 3.05) is 6.61 Å². The smallest absolute Gasteiger partial charge is 0.277 e. The fraction of sp³-hybridized carbons (Fsp3) is 0.0476. The summed E-state index contributed by atoms with van der Waals surface area (Å²) in [5.41, 5.74) is 3.14. The molecule has 0 aromatic heterocycles. The molecule has 0 aliphatic heterocycles. The largest absolute Gasteiger partial charge is 0.484 e. The number of rotatable bonds is 7. The molecular formula is C21H17FN2O3. The van der Waals surface area contributed by atoms with Crippen molar-refractivity contribution in [3.63, 3.8) is 0 Å². The molecule has 0 fully saturated rings. The summed E-state index contributed by atoms with van der Waals surface area (Å²) in [6.45, 7) is -0.222. The highest BCUT2D eigenvalue weighted by molar-refractivity contribution is 5.83. The number of hydrazone groups is 1. The molecule has 27 heavy (non-hydrogen) atoms. The second kappa shape index (κ2) is 9.15. The van der Waals surface area contributed by atoms with E-state index in [9.17, 15) is 9.18 Å². The second-order valence-electron chi connectivity index (χ2n) is 5.52. The van der Waals surface area contributed by atoms with Gasteiger partial charge in [-0.1, -0.05) is 30.3 Å². The maximum absolute atomic E-state index is 12.8. The molecule has 0 aliphatic carbocycles. The number of nitrogens with one attached hydrogen (secondary N) is 1. The van der Waals surface area contributed by atoms with Crippen LogP contribution < -0.4 is 14.9 Å². The molecule has 0 heterocycles. The van der Waals surface area contributed by atoms with Crippen molar-refractivity contribution in [1.82, 2.24) is 5.43 Å². The van der Waals surface area contributed by atoms with Crippen LogP contribution in [0, 0.1) is 5.82 Å². The van der Waals surface area contributed by atoms with Crippen LogP contribution in [-0.4, -0.2) is 18.7 Å². The quantitative estimate of drug-likeness (QED) is 0.506. The van der Waals surface area contributed by atoms with Gasteiger partial charge in [-0.15, -0.1) is 0 Å². The van der Waals surface area contributed by atoms with E-state index in [1.54, 1.807) is 6.07 Å². The Balaban J connectivity index is 1.49. The van der Waals surface area contributed by atoms with Gasteiger partial charge in [-0.05, 0) is 54.1 Å². The van der Waals surface area contributed by atoms with E-state index in [4.69, 9.17) is 9.47 Å². The Morgan fingerprint density at radius 2 is 1.67 bits per heavy atom. The highest BCUT2D eigenvalue weighted by Crippen LogP contribution is 2.21. The summed E-state index contributed by atoms with van der Waals surface area (Å²) in [5.74, 6) is 1.01. The Labute approximate surface area is 156 Å². The lowest BCUT2D eigenvalue weighted by molar-refractivity contribution is -0.123. The first-order chi connectivity index (χ1) is 13.2.